The van der Waals surface area contributed by atoms with Crippen molar-refractivity contribution in [1.82, 2.24) is 4.98 Å². The minimum atomic E-state index is -0.257. The molecule has 2 aromatic rings. The molecular formula is C15H15BrClN3O. The lowest BCUT2D eigenvalue weighted by molar-refractivity contribution is 0.102. The Morgan fingerprint density at radius 2 is 2.14 bits per heavy atom. The quantitative estimate of drug-likeness (QED) is 0.836. The van der Waals surface area contributed by atoms with Crippen LogP contribution in [0.15, 0.2) is 34.9 Å². The van der Waals surface area contributed by atoms with Gasteiger partial charge in [0.25, 0.3) is 5.91 Å². The number of nitrogens with one attached hydrogen (secondary N) is 2. The molecular weight excluding hydrogens is 354 g/mol. The Kier molecular flexibility index (Phi) is 5.20. The number of hydrogen-bond donors (Lipinski definition) is 2. The highest BCUT2D eigenvalue weighted by atomic mass is 79.9. The molecule has 0 aliphatic carbocycles. The second kappa shape index (κ2) is 6.91. The minimum absolute atomic E-state index is 0.257. The van der Waals surface area contributed by atoms with E-state index in [0.717, 1.165) is 22.3 Å². The largest absolute Gasteiger partial charge is 0.370 e. The monoisotopic (exact) mass is 367 g/mol. The van der Waals surface area contributed by atoms with Crippen LogP contribution in [0.4, 0.5) is 11.5 Å². The van der Waals surface area contributed by atoms with Crippen molar-refractivity contribution in [3.63, 3.8) is 0 Å². The zero-order chi connectivity index (χ0) is 15.4. The molecule has 6 heteroatoms. The Hall–Kier alpha value is -1.59. The molecule has 0 bridgehead atoms. The number of benzene rings is 1. The predicted molar refractivity (Wildman–Crippen MR) is 90.2 cm³/mol. The number of aromatic nitrogens is 1. The van der Waals surface area contributed by atoms with Gasteiger partial charge in [-0.15, -0.1) is 0 Å². The molecule has 2 N–H and O–H groups in total. The summed E-state index contributed by atoms with van der Waals surface area (Å²) in [4.78, 5) is 16.5. The van der Waals surface area contributed by atoms with Gasteiger partial charge in [0.2, 0.25) is 0 Å². The van der Waals surface area contributed by atoms with Gasteiger partial charge in [-0.25, -0.2) is 4.98 Å². The van der Waals surface area contributed by atoms with E-state index in [-0.39, 0.29) is 5.91 Å². The van der Waals surface area contributed by atoms with Gasteiger partial charge < -0.3 is 10.6 Å². The summed E-state index contributed by atoms with van der Waals surface area (Å²) < 4.78 is 0.967. The molecule has 1 aromatic carbocycles. The second-order valence-electron chi connectivity index (χ2n) is 4.49. The van der Waals surface area contributed by atoms with Crippen molar-refractivity contribution in [2.24, 2.45) is 0 Å². The third-order valence-electron chi connectivity index (χ3n) is 2.89. The predicted octanol–water partition coefficient (Wildman–Crippen LogP) is 4.49. The Labute approximate surface area is 137 Å². The molecule has 0 unspecified atom stereocenters. The number of carbonyl (C=O) groups excluding carboxylic acids is 1. The first-order valence-corrected chi connectivity index (χ1v) is 7.65. The van der Waals surface area contributed by atoms with Gasteiger partial charge in [-0.2, -0.15) is 0 Å². The molecule has 0 saturated carbocycles. The van der Waals surface area contributed by atoms with Crippen LogP contribution in [0.3, 0.4) is 0 Å². The van der Waals surface area contributed by atoms with E-state index in [0.29, 0.717) is 16.4 Å². The van der Waals surface area contributed by atoms with Gasteiger partial charge in [0.05, 0.1) is 10.6 Å². The first-order valence-electron chi connectivity index (χ1n) is 6.48. The molecule has 21 heavy (non-hydrogen) atoms. The van der Waals surface area contributed by atoms with Crippen LogP contribution in [0.25, 0.3) is 0 Å². The highest BCUT2D eigenvalue weighted by Crippen LogP contribution is 2.23. The number of anilines is 2. The molecule has 0 aliphatic heterocycles. The Bertz CT molecular complexity index is 676. The molecule has 4 nitrogen and oxygen atoms in total. The average molecular weight is 369 g/mol. The van der Waals surface area contributed by atoms with E-state index in [1.54, 1.807) is 6.07 Å². The molecule has 2 rings (SSSR count). The highest BCUT2D eigenvalue weighted by Gasteiger charge is 2.13. The minimum Gasteiger partial charge on any atom is -0.370 e. The van der Waals surface area contributed by atoms with Crippen molar-refractivity contribution in [2.75, 3.05) is 17.2 Å². The summed E-state index contributed by atoms with van der Waals surface area (Å²) in [6.45, 7) is 4.61. The molecule has 1 amide bonds. The van der Waals surface area contributed by atoms with Crippen LogP contribution < -0.4 is 10.6 Å². The van der Waals surface area contributed by atoms with Crippen LogP contribution >= 0.6 is 27.5 Å². The SMILES string of the molecule is CCNc1cc(C(=O)Nc2ccc(Br)cc2C)c(Cl)cn1. The lowest BCUT2D eigenvalue weighted by atomic mass is 10.2. The summed E-state index contributed by atoms with van der Waals surface area (Å²) in [6.07, 6.45) is 1.48. The number of carbonyl (C=O) groups is 1. The second-order valence-corrected chi connectivity index (χ2v) is 5.82. The van der Waals surface area contributed by atoms with Gasteiger partial charge in [-0.3, -0.25) is 4.79 Å². The number of hydrogen-bond acceptors (Lipinski definition) is 3. The van der Waals surface area contributed by atoms with Crippen molar-refractivity contribution < 1.29 is 4.79 Å². The van der Waals surface area contributed by atoms with E-state index < -0.39 is 0 Å². The fraction of sp³-hybridized carbons (Fsp3) is 0.200. The lowest BCUT2D eigenvalue weighted by Crippen LogP contribution is -2.14. The fourth-order valence-corrected chi connectivity index (χ4v) is 2.51. The van der Waals surface area contributed by atoms with Crippen LogP contribution in [-0.4, -0.2) is 17.4 Å². The smallest absolute Gasteiger partial charge is 0.257 e. The first kappa shape index (κ1) is 15.8. The number of aryl methyl sites for hydroxylation is 1. The van der Waals surface area contributed by atoms with Crippen LogP contribution in [0.2, 0.25) is 5.02 Å². The first-order chi connectivity index (χ1) is 10.0. The molecule has 0 aliphatic rings. The molecule has 0 spiro atoms. The standard InChI is InChI=1S/C15H15BrClN3O/c1-3-18-14-7-11(12(17)8-19-14)15(21)20-13-5-4-10(16)6-9(13)2/h4-8H,3H2,1-2H3,(H,18,19)(H,20,21). The molecule has 110 valence electrons. The molecule has 0 saturated heterocycles. The van der Waals surface area contributed by atoms with Crippen LogP contribution in [0.5, 0.6) is 0 Å². The molecule has 0 fully saturated rings. The summed E-state index contributed by atoms with van der Waals surface area (Å²) >= 11 is 9.46. The summed E-state index contributed by atoms with van der Waals surface area (Å²) in [6, 6.07) is 7.31. The average Bonchev–Trinajstić information content (AvgIpc) is 2.44. The maximum atomic E-state index is 12.4. The summed E-state index contributed by atoms with van der Waals surface area (Å²) in [5, 5.41) is 6.24. The van der Waals surface area contributed by atoms with E-state index in [4.69, 9.17) is 11.6 Å². The number of nitrogens with zero attached hydrogens (tertiary/aromatic N) is 1. The van der Waals surface area contributed by atoms with Crippen LogP contribution in [-0.2, 0) is 0 Å². The number of amides is 1. The normalized spacial score (nSPS) is 10.3. The molecule has 1 aromatic heterocycles. The van der Waals surface area contributed by atoms with Gasteiger partial charge in [-0.05, 0) is 43.7 Å². The Balaban J connectivity index is 2.25. The van der Waals surface area contributed by atoms with Gasteiger partial charge in [0.15, 0.2) is 0 Å². The topological polar surface area (TPSA) is 54.0 Å². The molecule has 1 heterocycles. The maximum Gasteiger partial charge on any atom is 0.257 e. The van der Waals surface area contributed by atoms with Gasteiger partial charge in [-0.1, -0.05) is 27.5 Å². The Morgan fingerprint density at radius 1 is 1.38 bits per heavy atom. The molecule has 0 radical (unpaired) electrons. The molecule has 0 atom stereocenters. The van der Waals surface area contributed by atoms with E-state index in [2.05, 4.69) is 31.5 Å². The third kappa shape index (κ3) is 3.95. The third-order valence-corrected chi connectivity index (χ3v) is 3.69. The van der Waals surface area contributed by atoms with Gasteiger partial charge in [0.1, 0.15) is 5.82 Å². The van der Waals surface area contributed by atoms with Gasteiger partial charge in [0, 0.05) is 22.9 Å². The van der Waals surface area contributed by atoms with Crippen LogP contribution in [0, 0.1) is 6.92 Å². The maximum absolute atomic E-state index is 12.4. The summed E-state index contributed by atoms with van der Waals surface area (Å²) in [7, 11) is 0. The van der Waals surface area contributed by atoms with Crippen molar-refractivity contribution in [1.29, 1.82) is 0 Å². The Morgan fingerprint density at radius 3 is 2.81 bits per heavy atom. The van der Waals surface area contributed by atoms with Crippen molar-refractivity contribution in [3.05, 3.63) is 51.1 Å². The highest BCUT2D eigenvalue weighted by molar-refractivity contribution is 9.10. The van der Waals surface area contributed by atoms with Crippen molar-refractivity contribution in [2.45, 2.75) is 13.8 Å². The van der Waals surface area contributed by atoms with Crippen molar-refractivity contribution >= 4 is 44.9 Å². The van der Waals surface area contributed by atoms with E-state index in [1.165, 1.54) is 6.20 Å². The zero-order valence-corrected chi connectivity index (χ0v) is 14.0. The lowest BCUT2D eigenvalue weighted by Gasteiger charge is -2.11. The number of pyridine rings is 1. The van der Waals surface area contributed by atoms with E-state index in [1.807, 2.05) is 32.0 Å². The number of rotatable bonds is 4. The van der Waals surface area contributed by atoms with Gasteiger partial charge >= 0.3 is 0 Å². The van der Waals surface area contributed by atoms with E-state index >= 15 is 0 Å². The summed E-state index contributed by atoms with van der Waals surface area (Å²) in [5.74, 6) is 0.367. The summed E-state index contributed by atoms with van der Waals surface area (Å²) in [5.41, 5.74) is 2.11. The van der Waals surface area contributed by atoms with Crippen molar-refractivity contribution in [3.8, 4) is 0 Å². The van der Waals surface area contributed by atoms with E-state index in [9.17, 15) is 4.79 Å². The fourth-order valence-electron chi connectivity index (χ4n) is 1.85. The number of halogens is 2. The van der Waals surface area contributed by atoms with Crippen LogP contribution in [0.1, 0.15) is 22.8 Å². The zero-order valence-electron chi connectivity index (χ0n) is 11.7.